The lowest BCUT2D eigenvalue weighted by Gasteiger charge is -2.35. The Morgan fingerprint density at radius 1 is 1.65 bits per heavy atom. The van der Waals surface area contributed by atoms with Crippen molar-refractivity contribution in [1.29, 1.82) is 0 Å². The van der Waals surface area contributed by atoms with Gasteiger partial charge in [-0.2, -0.15) is 0 Å². The number of rotatable bonds is 2. The number of hydrogen-bond acceptors (Lipinski definition) is 4. The summed E-state index contributed by atoms with van der Waals surface area (Å²) in [7, 11) is 0. The van der Waals surface area contributed by atoms with Crippen LogP contribution < -0.4 is 5.73 Å². The molecule has 0 spiro atoms. The van der Waals surface area contributed by atoms with E-state index < -0.39 is 5.97 Å². The normalized spacial score (nSPS) is 21.9. The molecule has 0 fully saturated rings. The molecular formula is C12H17N3O2. The van der Waals surface area contributed by atoms with Crippen LogP contribution in [0.5, 0.6) is 0 Å². The van der Waals surface area contributed by atoms with Gasteiger partial charge in [0.15, 0.2) is 0 Å². The van der Waals surface area contributed by atoms with E-state index in [0.717, 1.165) is 24.1 Å². The topological polar surface area (TPSA) is 89.1 Å². The van der Waals surface area contributed by atoms with Crippen LogP contribution in [0.1, 0.15) is 43.9 Å². The summed E-state index contributed by atoms with van der Waals surface area (Å²) >= 11 is 0. The minimum Gasteiger partial charge on any atom is -0.481 e. The van der Waals surface area contributed by atoms with Crippen molar-refractivity contribution in [2.24, 2.45) is 5.41 Å². The lowest BCUT2D eigenvalue weighted by Crippen LogP contribution is -2.28. The van der Waals surface area contributed by atoms with Crippen LogP contribution >= 0.6 is 0 Å². The van der Waals surface area contributed by atoms with E-state index in [-0.39, 0.29) is 23.7 Å². The van der Waals surface area contributed by atoms with Crippen LogP contribution in [0.3, 0.4) is 0 Å². The van der Waals surface area contributed by atoms with E-state index in [2.05, 4.69) is 23.8 Å². The summed E-state index contributed by atoms with van der Waals surface area (Å²) in [5.41, 5.74) is 7.49. The SMILES string of the molecule is CC1(C)Cc2nc(N)ncc2C(CC(=O)O)C1. The van der Waals surface area contributed by atoms with Crippen molar-refractivity contribution >= 4 is 11.9 Å². The predicted octanol–water partition coefficient (Wildman–Crippen LogP) is 1.59. The smallest absolute Gasteiger partial charge is 0.303 e. The van der Waals surface area contributed by atoms with E-state index in [1.807, 2.05) is 0 Å². The molecule has 1 unspecified atom stereocenters. The van der Waals surface area contributed by atoms with Gasteiger partial charge in [0.1, 0.15) is 0 Å². The second kappa shape index (κ2) is 3.98. The molecule has 5 nitrogen and oxygen atoms in total. The first-order valence-corrected chi connectivity index (χ1v) is 5.70. The molecule has 0 saturated heterocycles. The summed E-state index contributed by atoms with van der Waals surface area (Å²) in [5, 5.41) is 8.95. The molecule has 3 N–H and O–H groups in total. The van der Waals surface area contributed by atoms with Gasteiger partial charge in [-0.15, -0.1) is 0 Å². The van der Waals surface area contributed by atoms with Crippen molar-refractivity contribution in [2.45, 2.75) is 39.0 Å². The molecule has 1 aromatic heterocycles. The van der Waals surface area contributed by atoms with E-state index >= 15 is 0 Å². The van der Waals surface area contributed by atoms with Crippen LogP contribution in [0.15, 0.2) is 6.20 Å². The van der Waals surface area contributed by atoms with Gasteiger partial charge >= 0.3 is 5.97 Å². The monoisotopic (exact) mass is 235 g/mol. The minimum absolute atomic E-state index is 0.00755. The van der Waals surface area contributed by atoms with Crippen LogP contribution in [-0.4, -0.2) is 21.0 Å². The molecule has 1 aromatic rings. The van der Waals surface area contributed by atoms with Gasteiger partial charge in [-0.1, -0.05) is 13.8 Å². The van der Waals surface area contributed by atoms with Crippen LogP contribution in [0.25, 0.3) is 0 Å². The number of hydrogen-bond donors (Lipinski definition) is 2. The number of aromatic nitrogens is 2. The molecule has 17 heavy (non-hydrogen) atoms. The van der Waals surface area contributed by atoms with Gasteiger partial charge in [-0.25, -0.2) is 9.97 Å². The van der Waals surface area contributed by atoms with E-state index in [1.165, 1.54) is 0 Å². The molecule has 1 heterocycles. The first kappa shape index (κ1) is 11.8. The molecule has 0 aromatic carbocycles. The van der Waals surface area contributed by atoms with Gasteiger partial charge in [0.2, 0.25) is 5.95 Å². The second-order valence-corrected chi connectivity index (χ2v) is 5.47. The van der Waals surface area contributed by atoms with Crippen molar-refractivity contribution in [3.8, 4) is 0 Å². The summed E-state index contributed by atoms with van der Waals surface area (Å²) in [5.74, 6) is -0.530. The van der Waals surface area contributed by atoms with Crippen molar-refractivity contribution in [3.05, 3.63) is 17.5 Å². The molecule has 0 saturated carbocycles. The zero-order valence-electron chi connectivity index (χ0n) is 10.1. The van der Waals surface area contributed by atoms with Gasteiger partial charge < -0.3 is 10.8 Å². The maximum atomic E-state index is 10.9. The zero-order valence-corrected chi connectivity index (χ0v) is 10.1. The Morgan fingerprint density at radius 3 is 3.00 bits per heavy atom. The average molecular weight is 235 g/mol. The van der Waals surface area contributed by atoms with Crippen molar-refractivity contribution < 1.29 is 9.90 Å². The van der Waals surface area contributed by atoms with E-state index in [0.29, 0.717) is 0 Å². The highest BCUT2D eigenvalue weighted by atomic mass is 16.4. The molecule has 1 aliphatic rings. The van der Waals surface area contributed by atoms with Gasteiger partial charge in [0.25, 0.3) is 0 Å². The quantitative estimate of drug-likeness (QED) is 0.812. The van der Waals surface area contributed by atoms with Gasteiger partial charge in [0, 0.05) is 11.9 Å². The van der Waals surface area contributed by atoms with Crippen LogP contribution in [0, 0.1) is 5.41 Å². The molecule has 1 atom stereocenters. The van der Waals surface area contributed by atoms with Crippen LogP contribution in [0.4, 0.5) is 5.95 Å². The Kier molecular flexibility index (Phi) is 2.77. The van der Waals surface area contributed by atoms with E-state index in [9.17, 15) is 4.79 Å². The van der Waals surface area contributed by atoms with Gasteiger partial charge in [-0.3, -0.25) is 4.79 Å². The Hall–Kier alpha value is -1.65. The third-order valence-electron chi connectivity index (χ3n) is 3.22. The molecule has 2 rings (SSSR count). The van der Waals surface area contributed by atoms with Crippen molar-refractivity contribution in [3.63, 3.8) is 0 Å². The van der Waals surface area contributed by atoms with Crippen LogP contribution in [-0.2, 0) is 11.2 Å². The number of aliphatic carboxylic acids is 1. The molecule has 5 heteroatoms. The Morgan fingerprint density at radius 2 is 2.35 bits per heavy atom. The van der Waals surface area contributed by atoms with E-state index in [1.54, 1.807) is 6.20 Å². The number of nitrogen functional groups attached to an aromatic ring is 1. The zero-order chi connectivity index (χ0) is 12.6. The first-order valence-electron chi connectivity index (χ1n) is 5.70. The lowest BCUT2D eigenvalue weighted by atomic mass is 9.70. The highest BCUT2D eigenvalue weighted by molar-refractivity contribution is 5.68. The Labute approximate surface area is 100 Å². The van der Waals surface area contributed by atoms with Crippen molar-refractivity contribution in [2.75, 3.05) is 5.73 Å². The third-order valence-corrected chi connectivity index (χ3v) is 3.22. The van der Waals surface area contributed by atoms with Gasteiger partial charge in [0.05, 0.1) is 6.42 Å². The minimum atomic E-state index is -0.782. The number of carbonyl (C=O) groups is 1. The molecule has 92 valence electrons. The predicted molar refractivity (Wildman–Crippen MR) is 63.5 cm³/mol. The molecule has 0 aliphatic heterocycles. The largest absolute Gasteiger partial charge is 0.481 e. The Balaban J connectivity index is 2.40. The Bertz CT molecular complexity index is 457. The number of nitrogens with two attached hydrogens (primary N) is 1. The molecule has 0 amide bonds. The lowest BCUT2D eigenvalue weighted by molar-refractivity contribution is -0.137. The summed E-state index contributed by atoms with van der Waals surface area (Å²) in [6, 6.07) is 0. The first-order chi connectivity index (χ1) is 7.87. The fraction of sp³-hybridized carbons (Fsp3) is 0.583. The number of carboxylic acids is 1. The summed E-state index contributed by atoms with van der Waals surface area (Å²) in [6.07, 6.45) is 3.48. The number of fused-ring (bicyclic) bond motifs is 1. The second-order valence-electron chi connectivity index (χ2n) is 5.47. The fourth-order valence-electron chi connectivity index (χ4n) is 2.62. The maximum absolute atomic E-state index is 10.9. The van der Waals surface area contributed by atoms with Crippen LogP contribution in [0.2, 0.25) is 0 Å². The summed E-state index contributed by atoms with van der Waals surface area (Å²) in [6.45, 7) is 4.26. The molecular weight excluding hydrogens is 218 g/mol. The summed E-state index contributed by atoms with van der Waals surface area (Å²) in [4.78, 5) is 19.1. The number of carboxylic acid groups (broad SMARTS) is 1. The molecule has 1 aliphatic carbocycles. The van der Waals surface area contributed by atoms with Gasteiger partial charge in [-0.05, 0) is 29.7 Å². The fourth-order valence-corrected chi connectivity index (χ4v) is 2.62. The van der Waals surface area contributed by atoms with E-state index in [4.69, 9.17) is 10.8 Å². The summed E-state index contributed by atoms with van der Waals surface area (Å²) < 4.78 is 0. The molecule has 0 radical (unpaired) electrons. The average Bonchev–Trinajstić information content (AvgIpc) is 2.13. The standard InChI is InChI=1S/C12H17N3O2/c1-12(2)4-7(3-10(16)17)8-6-14-11(13)15-9(8)5-12/h6-7H,3-5H2,1-2H3,(H,16,17)(H2,13,14,15). The molecule has 0 bridgehead atoms. The number of nitrogens with zero attached hydrogens (tertiary/aromatic N) is 2. The number of anilines is 1. The highest BCUT2D eigenvalue weighted by Gasteiger charge is 2.34. The maximum Gasteiger partial charge on any atom is 0.303 e. The highest BCUT2D eigenvalue weighted by Crippen LogP contribution is 2.42. The third kappa shape index (κ3) is 2.54. The van der Waals surface area contributed by atoms with Crippen molar-refractivity contribution in [1.82, 2.24) is 9.97 Å².